The van der Waals surface area contributed by atoms with Gasteiger partial charge in [0, 0.05) is 19.8 Å². The van der Waals surface area contributed by atoms with Crippen LogP contribution >= 0.6 is 12.2 Å². The molecule has 70 valence electrons. The highest BCUT2D eigenvalue weighted by Gasteiger charge is 2.08. The van der Waals surface area contributed by atoms with Gasteiger partial charge in [-0.3, -0.25) is 0 Å². The molecule has 1 aromatic rings. The topological polar surface area (TPSA) is 42.2 Å². The summed E-state index contributed by atoms with van der Waals surface area (Å²) in [7, 11) is 1.96. The highest BCUT2D eigenvalue weighted by molar-refractivity contribution is 7.80. The number of anilines is 1. The Labute approximate surface area is 83.6 Å². The predicted molar refractivity (Wildman–Crippen MR) is 59.1 cm³/mol. The molecule has 1 aromatic heterocycles. The van der Waals surface area contributed by atoms with E-state index in [4.69, 9.17) is 18.0 Å². The minimum absolute atomic E-state index is 0.392. The van der Waals surface area contributed by atoms with Crippen molar-refractivity contribution in [2.24, 2.45) is 5.73 Å². The molecule has 0 aliphatic rings. The van der Waals surface area contributed by atoms with Crippen LogP contribution < -0.4 is 10.6 Å². The summed E-state index contributed by atoms with van der Waals surface area (Å²) in [4.78, 5) is 6.63. The molecule has 2 N–H and O–H groups in total. The second-order valence-corrected chi connectivity index (χ2v) is 3.19. The van der Waals surface area contributed by atoms with Gasteiger partial charge in [-0.25, -0.2) is 4.98 Å². The van der Waals surface area contributed by atoms with Gasteiger partial charge in [-0.15, -0.1) is 0 Å². The van der Waals surface area contributed by atoms with Gasteiger partial charge in [-0.1, -0.05) is 12.2 Å². The molecule has 1 heterocycles. The molecule has 0 fully saturated rings. The van der Waals surface area contributed by atoms with Crippen LogP contribution in [0.25, 0.3) is 0 Å². The largest absolute Gasteiger partial charge is 0.389 e. The summed E-state index contributed by atoms with van der Waals surface area (Å²) in [6.45, 7) is 2.94. The summed E-state index contributed by atoms with van der Waals surface area (Å²) >= 11 is 4.93. The van der Waals surface area contributed by atoms with Crippen molar-refractivity contribution in [3.8, 4) is 0 Å². The molecule has 0 bridgehead atoms. The summed E-state index contributed by atoms with van der Waals surface area (Å²) in [5.74, 6) is 0.845. The predicted octanol–water partition coefficient (Wildman–Crippen LogP) is 1.17. The van der Waals surface area contributed by atoms with Crippen molar-refractivity contribution < 1.29 is 0 Å². The average Bonchev–Trinajstić information content (AvgIpc) is 2.16. The monoisotopic (exact) mass is 195 g/mol. The van der Waals surface area contributed by atoms with Gasteiger partial charge in [-0.05, 0) is 19.1 Å². The van der Waals surface area contributed by atoms with Crippen molar-refractivity contribution in [2.75, 3.05) is 18.5 Å². The van der Waals surface area contributed by atoms with Crippen LogP contribution in [0.2, 0.25) is 0 Å². The first-order chi connectivity index (χ1) is 6.16. The van der Waals surface area contributed by atoms with E-state index in [-0.39, 0.29) is 0 Å². The molecule has 0 aliphatic carbocycles. The van der Waals surface area contributed by atoms with E-state index >= 15 is 0 Å². The fourth-order valence-electron chi connectivity index (χ4n) is 1.04. The van der Waals surface area contributed by atoms with Crippen molar-refractivity contribution in [3.63, 3.8) is 0 Å². The van der Waals surface area contributed by atoms with Gasteiger partial charge in [0.05, 0.1) is 5.56 Å². The average molecular weight is 195 g/mol. The first-order valence-electron chi connectivity index (χ1n) is 4.12. The number of hydrogen-bond donors (Lipinski definition) is 1. The van der Waals surface area contributed by atoms with E-state index in [1.54, 1.807) is 6.20 Å². The Morgan fingerprint density at radius 2 is 2.38 bits per heavy atom. The van der Waals surface area contributed by atoms with E-state index in [9.17, 15) is 0 Å². The Balaban J connectivity index is 3.11. The fourth-order valence-corrected chi connectivity index (χ4v) is 1.20. The van der Waals surface area contributed by atoms with Crippen LogP contribution in [0.15, 0.2) is 18.3 Å². The van der Waals surface area contributed by atoms with E-state index < -0.39 is 0 Å². The maximum Gasteiger partial charge on any atom is 0.138 e. The number of pyridine rings is 1. The van der Waals surface area contributed by atoms with Gasteiger partial charge in [0.1, 0.15) is 10.8 Å². The highest BCUT2D eigenvalue weighted by Crippen LogP contribution is 2.14. The molecule has 0 saturated heterocycles. The lowest BCUT2D eigenvalue weighted by Crippen LogP contribution is -2.22. The van der Waals surface area contributed by atoms with Gasteiger partial charge < -0.3 is 10.6 Å². The standard InChI is InChI=1S/C9H13N3S/c1-3-12(2)9-7(8(10)13)5-4-6-11-9/h4-6H,3H2,1-2H3,(H2,10,13). The molecule has 0 atom stereocenters. The number of nitrogens with zero attached hydrogens (tertiary/aromatic N) is 2. The first kappa shape index (κ1) is 9.92. The molecule has 0 aromatic carbocycles. The van der Waals surface area contributed by atoms with E-state index in [0.29, 0.717) is 4.99 Å². The van der Waals surface area contributed by atoms with Crippen molar-refractivity contribution in [2.45, 2.75) is 6.92 Å². The molecule has 0 radical (unpaired) electrons. The lowest BCUT2D eigenvalue weighted by Gasteiger charge is -2.18. The summed E-state index contributed by atoms with van der Waals surface area (Å²) in [6, 6.07) is 3.72. The van der Waals surface area contributed by atoms with E-state index in [1.807, 2.05) is 24.1 Å². The Kier molecular flexibility index (Phi) is 3.19. The zero-order chi connectivity index (χ0) is 9.84. The summed E-state index contributed by atoms with van der Waals surface area (Å²) < 4.78 is 0. The molecular weight excluding hydrogens is 182 g/mol. The van der Waals surface area contributed by atoms with Gasteiger partial charge in [0.2, 0.25) is 0 Å². The van der Waals surface area contributed by atoms with Crippen LogP contribution in [-0.4, -0.2) is 23.6 Å². The highest BCUT2D eigenvalue weighted by atomic mass is 32.1. The Morgan fingerprint density at radius 3 is 2.92 bits per heavy atom. The lowest BCUT2D eigenvalue weighted by atomic mass is 10.2. The summed E-state index contributed by atoms with van der Waals surface area (Å²) in [6.07, 6.45) is 1.74. The van der Waals surface area contributed by atoms with Crippen LogP contribution in [0.5, 0.6) is 0 Å². The number of aromatic nitrogens is 1. The van der Waals surface area contributed by atoms with Crippen molar-refractivity contribution >= 4 is 23.0 Å². The zero-order valence-corrected chi connectivity index (χ0v) is 8.64. The van der Waals surface area contributed by atoms with Gasteiger partial charge in [0.25, 0.3) is 0 Å². The van der Waals surface area contributed by atoms with Gasteiger partial charge in [-0.2, -0.15) is 0 Å². The molecule has 3 nitrogen and oxygen atoms in total. The molecule has 1 rings (SSSR count). The first-order valence-corrected chi connectivity index (χ1v) is 4.53. The van der Waals surface area contributed by atoms with Crippen LogP contribution in [-0.2, 0) is 0 Å². The molecule has 0 unspecified atom stereocenters. The van der Waals surface area contributed by atoms with E-state index in [1.165, 1.54) is 0 Å². The molecule has 0 spiro atoms. The molecule has 0 aliphatic heterocycles. The van der Waals surface area contributed by atoms with Crippen molar-refractivity contribution in [1.82, 2.24) is 4.98 Å². The minimum atomic E-state index is 0.392. The smallest absolute Gasteiger partial charge is 0.138 e. The SMILES string of the molecule is CCN(C)c1ncccc1C(N)=S. The third-order valence-corrected chi connectivity index (χ3v) is 2.11. The fraction of sp³-hybridized carbons (Fsp3) is 0.333. The third kappa shape index (κ3) is 2.15. The van der Waals surface area contributed by atoms with Crippen molar-refractivity contribution in [3.05, 3.63) is 23.9 Å². The van der Waals surface area contributed by atoms with Gasteiger partial charge >= 0.3 is 0 Å². The Bertz CT molecular complexity index is 311. The molecular formula is C9H13N3S. The minimum Gasteiger partial charge on any atom is -0.389 e. The quantitative estimate of drug-likeness (QED) is 0.735. The lowest BCUT2D eigenvalue weighted by molar-refractivity contribution is 0.936. The summed E-state index contributed by atoms with van der Waals surface area (Å²) in [5, 5.41) is 0. The molecule has 4 heteroatoms. The molecule has 0 amide bonds. The Morgan fingerprint density at radius 1 is 1.69 bits per heavy atom. The number of nitrogens with two attached hydrogens (primary N) is 1. The summed E-state index contributed by atoms with van der Waals surface area (Å²) in [5.41, 5.74) is 6.41. The normalized spacial score (nSPS) is 9.69. The van der Waals surface area contributed by atoms with Crippen LogP contribution in [0.4, 0.5) is 5.82 Å². The van der Waals surface area contributed by atoms with Crippen LogP contribution in [0, 0.1) is 0 Å². The van der Waals surface area contributed by atoms with Gasteiger partial charge in [0.15, 0.2) is 0 Å². The third-order valence-electron chi connectivity index (χ3n) is 1.89. The maximum atomic E-state index is 5.57. The number of thiocarbonyl (C=S) groups is 1. The van der Waals surface area contributed by atoms with Crippen molar-refractivity contribution in [1.29, 1.82) is 0 Å². The number of hydrogen-bond acceptors (Lipinski definition) is 3. The second-order valence-electron chi connectivity index (χ2n) is 2.75. The van der Waals surface area contributed by atoms with Crippen LogP contribution in [0.1, 0.15) is 12.5 Å². The zero-order valence-electron chi connectivity index (χ0n) is 7.82. The van der Waals surface area contributed by atoms with E-state index in [0.717, 1.165) is 17.9 Å². The molecule has 13 heavy (non-hydrogen) atoms. The number of rotatable bonds is 3. The van der Waals surface area contributed by atoms with E-state index in [2.05, 4.69) is 11.9 Å². The second kappa shape index (κ2) is 4.18. The Hall–Kier alpha value is -1.16. The maximum absolute atomic E-state index is 5.57. The van der Waals surface area contributed by atoms with Crippen LogP contribution in [0.3, 0.4) is 0 Å². The molecule has 0 saturated carbocycles.